The summed E-state index contributed by atoms with van der Waals surface area (Å²) in [5, 5.41) is 5.69. The van der Waals surface area contributed by atoms with E-state index in [0.29, 0.717) is 29.1 Å². The van der Waals surface area contributed by atoms with Crippen LogP contribution in [0.5, 0.6) is 0 Å². The number of rotatable bonds is 9. The fourth-order valence-corrected chi connectivity index (χ4v) is 3.95. The molecule has 31 heavy (non-hydrogen) atoms. The van der Waals surface area contributed by atoms with E-state index >= 15 is 0 Å². The first-order chi connectivity index (χ1) is 15.1. The molecule has 0 radical (unpaired) electrons. The maximum atomic E-state index is 12.7. The molecule has 2 heterocycles. The van der Waals surface area contributed by atoms with Crippen molar-refractivity contribution in [3.8, 4) is 0 Å². The Kier molecular flexibility index (Phi) is 6.89. The topological polar surface area (TPSA) is 88.7 Å². The van der Waals surface area contributed by atoms with Gasteiger partial charge in [0.15, 0.2) is 0 Å². The van der Waals surface area contributed by atoms with E-state index < -0.39 is 0 Å². The van der Waals surface area contributed by atoms with Crippen molar-refractivity contribution in [3.05, 3.63) is 75.3 Å². The Balaban J connectivity index is 1.52. The predicted molar refractivity (Wildman–Crippen MR) is 122 cm³/mol. The molecule has 0 bridgehead atoms. The van der Waals surface area contributed by atoms with Crippen molar-refractivity contribution in [1.82, 2.24) is 16.1 Å². The number of carbonyl (C=O) groups excluding carboxylic acids is 2. The molecule has 2 aliphatic heterocycles. The highest BCUT2D eigenvalue weighted by Gasteiger charge is 2.40. The number of benzene rings is 2. The predicted octanol–water partition coefficient (Wildman–Crippen LogP) is 4.09. The van der Waals surface area contributed by atoms with Gasteiger partial charge < -0.3 is 10.6 Å². The van der Waals surface area contributed by atoms with Crippen molar-refractivity contribution in [2.45, 2.75) is 24.7 Å². The smallest absolute Gasteiger partial charge is 0.258 e. The third-order valence-electron chi connectivity index (χ3n) is 4.81. The van der Waals surface area contributed by atoms with Crippen LogP contribution in [0, 0.1) is 0 Å². The number of nitrogens with one attached hydrogen (secondary N) is 3. The van der Waals surface area contributed by atoms with Crippen LogP contribution in [0.2, 0.25) is 0 Å². The van der Waals surface area contributed by atoms with Gasteiger partial charge in [0, 0.05) is 15.9 Å². The number of fused-ring (bicyclic) bond motifs is 1. The summed E-state index contributed by atoms with van der Waals surface area (Å²) < 4.78 is 5.97. The van der Waals surface area contributed by atoms with Gasteiger partial charge in [0.25, 0.3) is 11.8 Å². The van der Waals surface area contributed by atoms with Crippen LogP contribution >= 0.6 is 28.0 Å². The number of hydroxylamine groups is 1. The van der Waals surface area contributed by atoms with Crippen molar-refractivity contribution < 1.29 is 18.9 Å². The number of halogens is 1. The SMILES string of the molecule is CCCCNOOSc1ccc(C2=C3C(=O)NC(c4ccc(Br)cc4)=C3C(=O)N2)cc1. The Labute approximate surface area is 192 Å². The van der Waals surface area contributed by atoms with Gasteiger partial charge in [-0.15, -0.1) is 9.32 Å². The Hall–Kier alpha value is -2.43. The second-order valence-corrected chi connectivity index (χ2v) is 8.61. The molecule has 3 N–H and O–H groups in total. The molecule has 160 valence electrons. The average molecular weight is 502 g/mol. The van der Waals surface area contributed by atoms with Gasteiger partial charge in [-0.2, -0.15) is 5.48 Å². The number of unbranched alkanes of at least 4 members (excludes halogenated alkanes) is 1. The standard InChI is InChI=1S/C22H20BrN3O4S/c1-2-3-12-24-29-30-31-16-10-6-14(7-11-16)20-18-17(21(27)26-20)19(25-22(18)28)13-4-8-15(23)9-5-13/h4-11,24H,2-3,12H2,1H3,(H,25,28)(H,26,27). The molecular weight excluding hydrogens is 482 g/mol. The van der Waals surface area contributed by atoms with Crippen LogP contribution in [0.4, 0.5) is 0 Å². The lowest BCUT2D eigenvalue weighted by Gasteiger charge is -2.08. The molecule has 7 nitrogen and oxygen atoms in total. The van der Waals surface area contributed by atoms with Crippen LogP contribution in [-0.4, -0.2) is 18.4 Å². The summed E-state index contributed by atoms with van der Waals surface area (Å²) in [5.41, 5.74) is 5.98. The summed E-state index contributed by atoms with van der Waals surface area (Å²) in [6.07, 6.45) is 2.07. The molecule has 2 aliphatic rings. The zero-order valence-electron chi connectivity index (χ0n) is 16.7. The monoisotopic (exact) mass is 501 g/mol. The first kappa shape index (κ1) is 21.8. The molecule has 0 spiro atoms. The van der Waals surface area contributed by atoms with Crippen LogP contribution in [0.15, 0.2) is 69.0 Å². The molecule has 0 fully saturated rings. The van der Waals surface area contributed by atoms with Gasteiger partial charge in [0.1, 0.15) is 0 Å². The quantitative estimate of drug-likeness (QED) is 0.207. The van der Waals surface area contributed by atoms with Gasteiger partial charge in [0.05, 0.1) is 34.6 Å². The van der Waals surface area contributed by atoms with E-state index in [0.717, 1.165) is 45.4 Å². The van der Waals surface area contributed by atoms with Gasteiger partial charge in [-0.05, 0) is 41.8 Å². The lowest BCUT2D eigenvalue weighted by molar-refractivity contribution is -0.244. The summed E-state index contributed by atoms with van der Waals surface area (Å²) in [6, 6.07) is 14.8. The van der Waals surface area contributed by atoms with E-state index in [1.54, 1.807) is 0 Å². The minimum absolute atomic E-state index is 0.297. The van der Waals surface area contributed by atoms with Gasteiger partial charge in [-0.25, -0.2) is 0 Å². The Morgan fingerprint density at radius 3 is 2.00 bits per heavy atom. The highest BCUT2D eigenvalue weighted by Crippen LogP contribution is 2.37. The van der Waals surface area contributed by atoms with E-state index in [9.17, 15) is 9.59 Å². The molecule has 0 unspecified atom stereocenters. The van der Waals surface area contributed by atoms with E-state index in [2.05, 4.69) is 39.0 Å². The van der Waals surface area contributed by atoms with Crippen molar-refractivity contribution in [2.24, 2.45) is 0 Å². The third kappa shape index (κ3) is 4.76. The summed E-state index contributed by atoms with van der Waals surface area (Å²) in [5.74, 6) is -0.593. The molecule has 4 rings (SSSR count). The summed E-state index contributed by atoms with van der Waals surface area (Å²) in [7, 11) is 0. The molecule has 0 saturated carbocycles. The Morgan fingerprint density at radius 2 is 1.45 bits per heavy atom. The normalized spacial score (nSPS) is 15.4. The van der Waals surface area contributed by atoms with Crippen molar-refractivity contribution in [1.29, 1.82) is 0 Å². The largest absolute Gasteiger partial charge is 0.321 e. The van der Waals surface area contributed by atoms with Gasteiger partial charge in [-0.3, -0.25) is 9.59 Å². The highest BCUT2D eigenvalue weighted by molar-refractivity contribution is 9.10. The molecule has 0 aromatic heterocycles. The fourth-order valence-electron chi connectivity index (χ4n) is 3.28. The highest BCUT2D eigenvalue weighted by atomic mass is 79.9. The number of hydrogen-bond acceptors (Lipinski definition) is 6. The molecule has 2 aromatic carbocycles. The summed E-state index contributed by atoms with van der Waals surface area (Å²) in [6.45, 7) is 2.81. The van der Waals surface area contributed by atoms with Crippen molar-refractivity contribution >= 4 is 51.2 Å². The maximum absolute atomic E-state index is 12.7. The molecule has 2 aromatic rings. The van der Waals surface area contributed by atoms with Gasteiger partial charge in [-0.1, -0.05) is 53.5 Å². The lowest BCUT2D eigenvalue weighted by Crippen LogP contribution is -2.21. The van der Waals surface area contributed by atoms with Gasteiger partial charge in [0.2, 0.25) is 0 Å². The minimum Gasteiger partial charge on any atom is -0.321 e. The van der Waals surface area contributed by atoms with Crippen molar-refractivity contribution in [2.75, 3.05) is 6.54 Å². The number of carbonyl (C=O) groups is 2. The zero-order valence-corrected chi connectivity index (χ0v) is 19.1. The molecular formula is C22H20BrN3O4S. The van der Waals surface area contributed by atoms with E-state index in [1.165, 1.54) is 0 Å². The first-order valence-corrected chi connectivity index (χ1v) is 11.3. The molecule has 2 amide bonds. The molecule has 0 atom stereocenters. The van der Waals surface area contributed by atoms with Crippen molar-refractivity contribution in [3.63, 3.8) is 0 Å². The Morgan fingerprint density at radius 1 is 0.903 bits per heavy atom. The zero-order chi connectivity index (χ0) is 21.8. The number of hydrogen-bond donors (Lipinski definition) is 3. The number of amides is 2. The van der Waals surface area contributed by atoms with Gasteiger partial charge >= 0.3 is 0 Å². The second kappa shape index (κ2) is 9.80. The molecule has 0 saturated heterocycles. The average Bonchev–Trinajstić information content (AvgIpc) is 3.30. The van der Waals surface area contributed by atoms with Crippen LogP contribution in [0.3, 0.4) is 0 Å². The molecule has 9 heteroatoms. The minimum atomic E-state index is -0.297. The lowest BCUT2D eigenvalue weighted by atomic mass is 10.0. The summed E-state index contributed by atoms with van der Waals surface area (Å²) >= 11 is 4.46. The summed E-state index contributed by atoms with van der Waals surface area (Å²) in [4.78, 5) is 31.1. The van der Waals surface area contributed by atoms with E-state index in [4.69, 9.17) is 9.32 Å². The first-order valence-electron chi connectivity index (χ1n) is 9.79. The van der Waals surface area contributed by atoms with E-state index in [-0.39, 0.29) is 11.8 Å². The van der Waals surface area contributed by atoms with E-state index in [1.807, 2.05) is 48.5 Å². The van der Waals surface area contributed by atoms with Crippen LogP contribution in [0.1, 0.15) is 30.9 Å². The maximum Gasteiger partial charge on any atom is 0.258 e. The second-order valence-electron chi connectivity index (χ2n) is 6.92. The fraction of sp³-hybridized carbons (Fsp3) is 0.182. The Bertz CT molecular complexity index is 1070. The van der Waals surface area contributed by atoms with Crippen LogP contribution < -0.4 is 16.1 Å². The van der Waals surface area contributed by atoms with Crippen LogP contribution in [-0.2, 0) is 18.9 Å². The van der Waals surface area contributed by atoms with Crippen LogP contribution in [0.25, 0.3) is 11.4 Å². The third-order valence-corrected chi connectivity index (χ3v) is 5.94. The molecule has 0 aliphatic carbocycles.